The molecule has 1 N–H and O–H groups in total. The summed E-state index contributed by atoms with van der Waals surface area (Å²) in [4.78, 5) is 17.4. The van der Waals surface area contributed by atoms with Crippen LogP contribution in [-0.2, 0) is 26.9 Å². The lowest BCUT2D eigenvalue weighted by molar-refractivity contribution is -0.188. The van der Waals surface area contributed by atoms with Gasteiger partial charge in [0.15, 0.2) is 0 Å². The summed E-state index contributed by atoms with van der Waals surface area (Å²) in [5, 5.41) is 12.4. The molecule has 0 spiro atoms. The summed E-state index contributed by atoms with van der Waals surface area (Å²) in [6.45, 7) is 17.8. The lowest BCUT2D eigenvalue weighted by atomic mass is 9.78. The fraction of sp³-hybridized carbons (Fsp3) is 0.667. The molecular weight excluding hydrogens is 314 g/mol. The van der Waals surface area contributed by atoms with Gasteiger partial charge in [-0.05, 0) is 47.8 Å². The molecule has 4 nitrogen and oxygen atoms in total. The average molecular weight is 350 g/mol. The molecule has 0 aliphatic carbocycles. The average Bonchev–Trinajstić information content (AvgIpc) is 2.49. The van der Waals surface area contributed by atoms with Gasteiger partial charge in [-0.3, -0.25) is 4.79 Å². The van der Waals surface area contributed by atoms with E-state index >= 15 is 0 Å². The number of hydrogen-bond acceptors (Lipinski definition) is 4. The van der Waals surface area contributed by atoms with E-state index in [2.05, 4.69) is 41.5 Å². The molecule has 1 aromatic rings. The van der Waals surface area contributed by atoms with E-state index in [1.54, 1.807) is 5.06 Å². The third-order valence-electron chi connectivity index (χ3n) is 4.34. The molecule has 0 atom stereocenters. The maximum absolute atomic E-state index is 12.1. The lowest BCUT2D eigenvalue weighted by Gasteiger charge is -2.28. The highest BCUT2D eigenvalue weighted by Crippen LogP contribution is 2.39. The minimum Gasteiger partial charge on any atom is -0.507 e. The van der Waals surface area contributed by atoms with Gasteiger partial charge in [-0.15, -0.1) is 5.06 Å². The zero-order chi connectivity index (χ0) is 19.4. The fourth-order valence-corrected chi connectivity index (χ4v) is 2.77. The zero-order valence-corrected chi connectivity index (χ0v) is 17.2. The van der Waals surface area contributed by atoms with Gasteiger partial charge in [0.1, 0.15) is 5.75 Å². The van der Waals surface area contributed by atoms with Crippen LogP contribution in [0.3, 0.4) is 0 Å². The molecule has 4 heteroatoms. The van der Waals surface area contributed by atoms with Crippen LogP contribution in [0, 0.1) is 0 Å². The molecule has 0 aromatic heterocycles. The number of hydroxylamine groups is 2. The summed E-state index contributed by atoms with van der Waals surface area (Å²) in [5.74, 6) is 0.154. The Kier molecular flexibility index (Phi) is 7.07. The molecule has 25 heavy (non-hydrogen) atoms. The smallest absolute Gasteiger partial charge is 0.325 e. The SMILES string of the molecule is CCN(CC)OC(=O)CCc1cc(C(C)(C)C)c(O)c(C(C)(C)C)c1. The van der Waals surface area contributed by atoms with Crippen molar-refractivity contribution in [3.05, 3.63) is 28.8 Å². The Morgan fingerprint density at radius 1 is 1.00 bits per heavy atom. The molecule has 0 aliphatic rings. The number of carbonyl (C=O) groups excluding carboxylic acids is 1. The highest BCUT2D eigenvalue weighted by molar-refractivity contribution is 5.69. The number of aromatic hydroxyl groups is 1. The Labute approximate surface area is 153 Å². The van der Waals surface area contributed by atoms with Crippen molar-refractivity contribution in [1.29, 1.82) is 0 Å². The van der Waals surface area contributed by atoms with Gasteiger partial charge in [0, 0.05) is 13.1 Å². The van der Waals surface area contributed by atoms with Gasteiger partial charge in [-0.1, -0.05) is 53.7 Å². The molecule has 0 fully saturated rings. The summed E-state index contributed by atoms with van der Waals surface area (Å²) in [7, 11) is 0. The van der Waals surface area contributed by atoms with Crippen molar-refractivity contribution < 1.29 is 14.7 Å². The Morgan fingerprint density at radius 2 is 1.44 bits per heavy atom. The van der Waals surface area contributed by atoms with Crippen LogP contribution in [0.2, 0.25) is 0 Å². The molecule has 0 saturated heterocycles. The van der Waals surface area contributed by atoms with E-state index in [-0.39, 0.29) is 16.8 Å². The first-order valence-electron chi connectivity index (χ1n) is 9.22. The number of phenols is 1. The standard InChI is InChI=1S/C21H35NO3/c1-9-22(10-2)25-18(23)12-11-15-13-16(20(3,4)5)19(24)17(14-15)21(6,7)8/h13-14,24H,9-12H2,1-8H3. The van der Waals surface area contributed by atoms with Crippen molar-refractivity contribution in [2.24, 2.45) is 0 Å². The monoisotopic (exact) mass is 349 g/mol. The Balaban J connectivity index is 3.06. The maximum atomic E-state index is 12.1. The van der Waals surface area contributed by atoms with Crippen LogP contribution in [0.25, 0.3) is 0 Å². The molecule has 1 rings (SSSR count). The van der Waals surface area contributed by atoms with E-state index in [9.17, 15) is 9.90 Å². The van der Waals surface area contributed by atoms with E-state index in [1.165, 1.54) is 0 Å². The molecule has 0 bridgehead atoms. The Hall–Kier alpha value is -1.55. The van der Waals surface area contributed by atoms with E-state index in [4.69, 9.17) is 4.84 Å². The first kappa shape index (κ1) is 21.5. The molecule has 0 amide bonds. The second kappa shape index (κ2) is 8.22. The van der Waals surface area contributed by atoms with Gasteiger partial charge < -0.3 is 9.94 Å². The van der Waals surface area contributed by atoms with Crippen molar-refractivity contribution >= 4 is 5.97 Å². The second-order valence-corrected chi connectivity index (χ2v) is 8.62. The zero-order valence-electron chi connectivity index (χ0n) is 17.2. The number of benzene rings is 1. The van der Waals surface area contributed by atoms with Crippen molar-refractivity contribution in [2.45, 2.75) is 79.1 Å². The van der Waals surface area contributed by atoms with Crippen LogP contribution in [-0.4, -0.2) is 29.2 Å². The topological polar surface area (TPSA) is 49.8 Å². The van der Waals surface area contributed by atoms with Crippen LogP contribution >= 0.6 is 0 Å². The predicted molar refractivity (Wildman–Crippen MR) is 103 cm³/mol. The van der Waals surface area contributed by atoms with Crippen molar-refractivity contribution in [2.75, 3.05) is 13.1 Å². The summed E-state index contributed by atoms with van der Waals surface area (Å²) >= 11 is 0. The minimum atomic E-state index is -0.216. The first-order chi connectivity index (χ1) is 11.4. The van der Waals surface area contributed by atoms with E-state index in [1.807, 2.05) is 26.0 Å². The van der Waals surface area contributed by atoms with Gasteiger partial charge in [0.25, 0.3) is 0 Å². The number of nitrogens with zero attached hydrogens (tertiary/aromatic N) is 1. The summed E-state index contributed by atoms with van der Waals surface area (Å²) in [5.41, 5.74) is 2.58. The molecule has 142 valence electrons. The number of carbonyl (C=O) groups is 1. The minimum absolute atomic E-state index is 0.165. The number of aryl methyl sites for hydroxylation is 1. The second-order valence-electron chi connectivity index (χ2n) is 8.62. The third kappa shape index (κ3) is 6.03. The fourth-order valence-electron chi connectivity index (χ4n) is 2.77. The van der Waals surface area contributed by atoms with Crippen LogP contribution in [0.4, 0.5) is 0 Å². The number of hydrogen-bond donors (Lipinski definition) is 1. The highest BCUT2D eigenvalue weighted by Gasteiger charge is 2.26. The lowest BCUT2D eigenvalue weighted by Crippen LogP contribution is -2.27. The summed E-state index contributed by atoms with van der Waals surface area (Å²) in [6, 6.07) is 4.05. The highest BCUT2D eigenvalue weighted by atomic mass is 16.7. The van der Waals surface area contributed by atoms with Gasteiger partial charge in [-0.25, -0.2) is 0 Å². The van der Waals surface area contributed by atoms with Crippen LogP contribution in [0.15, 0.2) is 12.1 Å². The third-order valence-corrected chi connectivity index (χ3v) is 4.34. The van der Waals surface area contributed by atoms with Gasteiger partial charge in [-0.2, -0.15) is 0 Å². The quantitative estimate of drug-likeness (QED) is 0.755. The molecule has 1 aromatic carbocycles. The van der Waals surface area contributed by atoms with E-state index < -0.39 is 0 Å². The Morgan fingerprint density at radius 3 is 1.80 bits per heavy atom. The van der Waals surface area contributed by atoms with E-state index in [0.717, 1.165) is 16.7 Å². The molecule has 0 saturated carbocycles. The van der Waals surface area contributed by atoms with Gasteiger partial charge >= 0.3 is 5.97 Å². The summed E-state index contributed by atoms with van der Waals surface area (Å²) in [6.07, 6.45) is 0.932. The molecule has 0 radical (unpaired) electrons. The summed E-state index contributed by atoms with van der Waals surface area (Å²) < 4.78 is 0. The number of rotatable bonds is 6. The van der Waals surface area contributed by atoms with E-state index in [0.29, 0.717) is 31.7 Å². The normalized spacial score (nSPS) is 12.5. The van der Waals surface area contributed by atoms with Crippen molar-refractivity contribution in [1.82, 2.24) is 5.06 Å². The van der Waals surface area contributed by atoms with Crippen LogP contribution < -0.4 is 0 Å². The first-order valence-corrected chi connectivity index (χ1v) is 9.22. The molecule has 0 heterocycles. The van der Waals surface area contributed by atoms with Gasteiger partial charge in [0.2, 0.25) is 0 Å². The number of phenolic OH excluding ortho intramolecular Hbond substituents is 1. The molecule has 0 aliphatic heterocycles. The predicted octanol–water partition coefficient (Wildman–Crippen LogP) is 4.72. The van der Waals surface area contributed by atoms with Crippen LogP contribution in [0.1, 0.15) is 78.5 Å². The maximum Gasteiger partial charge on any atom is 0.325 e. The van der Waals surface area contributed by atoms with Crippen molar-refractivity contribution in [3.8, 4) is 5.75 Å². The van der Waals surface area contributed by atoms with Crippen LogP contribution in [0.5, 0.6) is 5.75 Å². The van der Waals surface area contributed by atoms with Gasteiger partial charge in [0.05, 0.1) is 6.42 Å². The van der Waals surface area contributed by atoms with Crippen molar-refractivity contribution in [3.63, 3.8) is 0 Å². The Bertz CT molecular complexity index is 555. The largest absolute Gasteiger partial charge is 0.507 e. The molecule has 0 unspecified atom stereocenters. The molecular formula is C21H35NO3.